The largest absolute Gasteiger partial charge is 0.494 e. The van der Waals surface area contributed by atoms with Gasteiger partial charge in [-0.25, -0.2) is 9.59 Å². The van der Waals surface area contributed by atoms with Crippen LogP contribution >= 0.6 is 0 Å². The Kier molecular flexibility index (Phi) is 6.09. The lowest BCUT2D eigenvalue weighted by Crippen LogP contribution is -2.42. The Labute approximate surface area is 117 Å². The summed E-state index contributed by atoms with van der Waals surface area (Å²) in [6, 6.07) is 5.22. The fraction of sp³-hybridized carbons (Fsp3) is 0.286. The van der Waals surface area contributed by atoms with Gasteiger partial charge < -0.3 is 20.5 Å². The average Bonchev–Trinajstić information content (AvgIpc) is 2.40. The fourth-order valence-corrected chi connectivity index (χ4v) is 1.51. The summed E-state index contributed by atoms with van der Waals surface area (Å²) in [6.45, 7) is 5.90. The van der Waals surface area contributed by atoms with Crippen molar-refractivity contribution in [1.82, 2.24) is 5.32 Å². The minimum absolute atomic E-state index is 0.159. The molecule has 0 aliphatic carbocycles. The monoisotopic (exact) mass is 278 g/mol. The van der Waals surface area contributed by atoms with E-state index < -0.39 is 18.0 Å². The third kappa shape index (κ3) is 5.01. The Hall–Kier alpha value is -2.50. The number of ether oxygens (including phenoxy) is 1. The molecule has 0 fully saturated rings. The van der Waals surface area contributed by atoms with E-state index in [0.29, 0.717) is 18.0 Å². The molecule has 0 aromatic heterocycles. The highest BCUT2D eigenvalue weighted by Crippen LogP contribution is 2.15. The van der Waals surface area contributed by atoms with Gasteiger partial charge >= 0.3 is 12.0 Å². The number of aliphatic carboxylic acids is 1. The van der Waals surface area contributed by atoms with E-state index in [1.54, 1.807) is 24.3 Å². The molecular formula is C14H18N2O4. The van der Waals surface area contributed by atoms with Gasteiger partial charge in [0.25, 0.3) is 0 Å². The summed E-state index contributed by atoms with van der Waals surface area (Å²) < 4.78 is 5.28. The van der Waals surface area contributed by atoms with Gasteiger partial charge in [-0.05, 0) is 37.6 Å². The van der Waals surface area contributed by atoms with Gasteiger partial charge in [-0.15, -0.1) is 6.58 Å². The van der Waals surface area contributed by atoms with Gasteiger partial charge in [0.05, 0.1) is 6.61 Å². The topological polar surface area (TPSA) is 87.7 Å². The van der Waals surface area contributed by atoms with Gasteiger partial charge in [-0.3, -0.25) is 0 Å². The lowest BCUT2D eigenvalue weighted by Gasteiger charge is -2.13. The maximum absolute atomic E-state index is 11.7. The lowest BCUT2D eigenvalue weighted by atomic mass is 10.2. The highest BCUT2D eigenvalue weighted by Gasteiger charge is 2.18. The third-order valence-electron chi connectivity index (χ3n) is 2.43. The van der Waals surface area contributed by atoms with E-state index in [1.807, 2.05) is 6.92 Å². The molecule has 1 unspecified atom stereocenters. The molecule has 3 N–H and O–H groups in total. The molecule has 0 radical (unpaired) electrons. The molecule has 6 heteroatoms. The summed E-state index contributed by atoms with van der Waals surface area (Å²) >= 11 is 0. The van der Waals surface area contributed by atoms with Crippen LogP contribution in [0.3, 0.4) is 0 Å². The van der Waals surface area contributed by atoms with Gasteiger partial charge in [0.2, 0.25) is 0 Å². The van der Waals surface area contributed by atoms with E-state index in [9.17, 15) is 9.59 Å². The molecule has 1 aromatic rings. The number of carbonyl (C=O) groups excluding carboxylic acids is 1. The van der Waals surface area contributed by atoms with E-state index in [1.165, 1.54) is 6.08 Å². The molecule has 6 nitrogen and oxygen atoms in total. The zero-order valence-electron chi connectivity index (χ0n) is 11.3. The minimum Gasteiger partial charge on any atom is -0.494 e. The van der Waals surface area contributed by atoms with E-state index in [-0.39, 0.29) is 6.42 Å². The lowest BCUT2D eigenvalue weighted by molar-refractivity contribution is -0.139. The first kappa shape index (κ1) is 15.6. The number of rotatable bonds is 7. The van der Waals surface area contributed by atoms with Gasteiger partial charge in [0.15, 0.2) is 0 Å². The second-order valence-electron chi connectivity index (χ2n) is 3.97. The van der Waals surface area contributed by atoms with Crippen LogP contribution < -0.4 is 15.4 Å². The van der Waals surface area contributed by atoms with Crippen LogP contribution in [0.15, 0.2) is 36.9 Å². The Morgan fingerprint density at radius 1 is 1.40 bits per heavy atom. The molecule has 0 spiro atoms. The van der Waals surface area contributed by atoms with Crippen molar-refractivity contribution < 1.29 is 19.4 Å². The first-order valence-corrected chi connectivity index (χ1v) is 6.21. The normalized spacial score (nSPS) is 11.2. The maximum atomic E-state index is 11.7. The molecule has 0 saturated heterocycles. The Bertz CT molecular complexity index is 471. The summed E-state index contributed by atoms with van der Waals surface area (Å²) in [5.41, 5.74) is 0.550. The number of nitrogens with one attached hydrogen (secondary N) is 2. The fourth-order valence-electron chi connectivity index (χ4n) is 1.51. The number of benzene rings is 1. The molecule has 0 saturated carbocycles. The summed E-state index contributed by atoms with van der Waals surface area (Å²) in [7, 11) is 0. The summed E-state index contributed by atoms with van der Waals surface area (Å²) in [6.07, 6.45) is 1.60. The van der Waals surface area contributed by atoms with Crippen molar-refractivity contribution in [2.24, 2.45) is 0 Å². The molecule has 0 aliphatic rings. The number of carbonyl (C=O) groups is 2. The highest BCUT2D eigenvalue weighted by atomic mass is 16.5. The molecule has 1 rings (SSSR count). The van der Waals surface area contributed by atoms with Crippen LogP contribution in [-0.2, 0) is 4.79 Å². The van der Waals surface area contributed by atoms with Crippen molar-refractivity contribution in [2.45, 2.75) is 19.4 Å². The Morgan fingerprint density at radius 3 is 2.55 bits per heavy atom. The summed E-state index contributed by atoms with van der Waals surface area (Å²) in [5, 5.41) is 13.8. The number of amides is 2. The number of anilines is 1. The summed E-state index contributed by atoms with van der Waals surface area (Å²) in [4.78, 5) is 22.5. The van der Waals surface area contributed by atoms with Crippen LogP contribution in [0.4, 0.5) is 10.5 Å². The predicted molar refractivity (Wildman–Crippen MR) is 76.0 cm³/mol. The Morgan fingerprint density at radius 2 is 2.05 bits per heavy atom. The molecular weight excluding hydrogens is 260 g/mol. The highest BCUT2D eigenvalue weighted by molar-refractivity contribution is 5.92. The van der Waals surface area contributed by atoms with E-state index in [2.05, 4.69) is 17.2 Å². The van der Waals surface area contributed by atoms with E-state index in [0.717, 1.165) is 0 Å². The van der Waals surface area contributed by atoms with Crippen LogP contribution in [0.5, 0.6) is 5.75 Å². The quantitative estimate of drug-likeness (QED) is 0.667. The molecule has 1 aromatic carbocycles. The molecule has 108 valence electrons. The van der Waals surface area contributed by atoms with E-state index >= 15 is 0 Å². The molecule has 20 heavy (non-hydrogen) atoms. The number of hydrogen-bond acceptors (Lipinski definition) is 3. The molecule has 2 amide bonds. The van der Waals surface area contributed by atoms with Crippen molar-refractivity contribution in [1.29, 1.82) is 0 Å². The van der Waals surface area contributed by atoms with Crippen molar-refractivity contribution >= 4 is 17.7 Å². The van der Waals surface area contributed by atoms with Gasteiger partial charge in [0.1, 0.15) is 11.8 Å². The number of urea groups is 1. The van der Waals surface area contributed by atoms with Crippen LogP contribution in [0.25, 0.3) is 0 Å². The van der Waals surface area contributed by atoms with Crippen LogP contribution in [-0.4, -0.2) is 29.8 Å². The predicted octanol–water partition coefficient (Wildman–Crippen LogP) is 2.24. The molecule has 0 heterocycles. The molecule has 0 aliphatic heterocycles. The number of hydrogen-bond donors (Lipinski definition) is 3. The second-order valence-corrected chi connectivity index (χ2v) is 3.97. The van der Waals surface area contributed by atoms with Crippen molar-refractivity contribution in [3.63, 3.8) is 0 Å². The number of carboxylic acid groups (broad SMARTS) is 1. The van der Waals surface area contributed by atoms with Crippen LogP contribution in [0, 0.1) is 0 Å². The van der Waals surface area contributed by atoms with Crippen molar-refractivity contribution in [2.75, 3.05) is 11.9 Å². The zero-order chi connectivity index (χ0) is 15.0. The Balaban J connectivity index is 2.56. The first-order valence-electron chi connectivity index (χ1n) is 6.21. The van der Waals surface area contributed by atoms with Gasteiger partial charge in [0, 0.05) is 5.69 Å². The molecule has 0 bridgehead atoms. The van der Waals surface area contributed by atoms with Crippen LogP contribution in [0.1, 0.15) is 13.3 Å². The maximum Gasteiger partial charge on any atom is 0.326 e. The van der Waals surface area contributed by atoms with Crippen molar-refractivity contribution in [3.05, 3.63) is 36.9 Å². The van der Waals surface area contributed by atoms with Crippen LogP contribution in [0.2, 0.25) is 0 Å². The standard InChI is InChI=1S/C14H18N2O4/c1-3-5-12(13(17)18)16-14(19)15-10-6-8-11(9-7-10)20-4-2/h3,6-9,12H,1,4-5H2,2H3,(H,17,18)(H2,15,16,19). The van der Waals surface area contributed by atoms with Gasteiger partial charge in [-0.1, -0.05) is 6.08 Å². The average molecular weight is 278 g/mol. The zero-order valence-corrected chi connectivity index (χ0v) is 11.3. The first-order chi connectivity index (χ1) is 9.56. The summed E-state index contributed by atoms with van der Waals surface area (Å²) in [5.74, 6) is -0.403. The van der Waals surface area contributed by atoms with Gasteiger partial charge in [-0.2, -0.15) is 0 Å². The number of carboxylic acids is 1. The van der Waals surface area contributed by atoms with Crippen molar-refractivity contribution in [3.8, 4) is 5.75 Å². The minimum atomic E-state index is -1.10. The SMILES string of the molecule is C=CCC(NC(=O)Nc1ccc(OCC)cc1)C(=O)O. The smallest absolute Gasteiger partial charge is 0.326 e. The molecule has 1 atom stereocenters. The van der Waals surface area contributed by atoms with E-state index in [4.69, 9.17) is 9.84 Å². The second kappa shape index (κ2) is 7.83. The third-order valence-corrected chi connectivity index (χ3v) is 2.43.